The van der Waals surface area contributed by atoms with Crippen LogP contribution in [-0.2, 0) is 6.54 Å². The summed E-state index contributed by atoms with van der Waals surface area (Å²) < 4.78 is 2.00. The number of rotatable bonds is 3. The Hall–Kier alpha value is -1.87. The van der Waals surface area contributed by atoms with Gasteiger partial charge in [-0.3, -0.25) is 4.79 Å². The fourth-order valence-corrected chi connectivity index (χ4v) is 1.69. The van der Waals surface area contributed by atoms with Crippen LogP contribution in [-0.4, -0.2) is 13.0 Å². The number of pyridine rings is 1. The van der Waals surface area contributed by atoms with Crippen LogP contribution in [0.2, 0.25) is 0 Å². The zero-order valence-corrected chi connectivity index (χ0v) is 11.0. The molecule has 0 aliphatic heterocycles. The molecule has 3 nitrogen and oxygen atoms in total. The van der Waals surface area contributed by atoms with Crippen LogP contribution in [0.5, 0.6) is 0 Å². The first-order valence-corrected chi connectivity index (χ1v) is 5.55. The topological polar surface area (TPSA) is 33.0 Å². The number of nitrogens with zero attached hydrogens (tertiary/aromatic N) is 1. The average Bonchev–Trinajstić information content (AvgIpc) is 2.39. The number of hydrogen-bond donors (Lipinski definition) is 1. The minimum atomic E-state index is -0.0626. The van der Waals surface area contributed by atoms with Crippen molar-refractivity contribution in [2.45, 2.75) is 6.54 Å². The third-order valence-electron chi connectivity index (χ3n) is 2.56. The van der Waals surface area contributed by atoms with Crippen molar-refractivity contribution < 1.29 is 9.36 Å². The van der Waals surface area contributed by atoms with Crippen LogP contribution in [0.15, 0.2) is 54.9 Å². The summed E-state index contributed by atoms with van der Waals surface area (Å²) in [6, 6.07) is 13.8. The molecule has 1 amide bonds. The Morgan fingerprint density at radius 2 is 1.89 bits per heavy atom. The van der Waals surface area contributed by atoms with Gasteiger partial charge in [0.25, 0.3) is 5.91 Å². The van der Waals surface area contributed by atoms with Crippen LogP contribution in [0.1, 0.15) is 15.9 Å². The van der Waals surface area contributed by atoms with Gasteiger partial charge in [0.15, 0.2) is 18.9 Å². The van der Waals surface area contributed by atoms with Crippen LogP contribution < -0.4 is 9.88 Å². The van der Waals surface area contributed by atoms with E-state index in [0.29, 0.717) is 5.56 Å². The van der Waals surface area contributed by atoms with Crippen molar-refractivity contribution in [2.75, 3.05) is 7.05 Å². The lowest BCUT2D eigenvalue weighted by Crippen LogP contribution is -2.35. The highest BCUT2D eigenvalue weighted by Crippen LogP contribution is 1.99. The molecule has 0 fully saturated rings. The molecule has 0 aliphatic carbocycles. The van der Waals surface area contributed by atoms with E-state index in [2.05, 4.69) is 17.4 Å². The van der Waals surface area contributed by atoms with E-state index < -0.39 is 0 Å². The first-order chi connectivity index (χ1) is 8.29. The molecule has 2 rings (SSSR count). The summed E-state index contributed by atoms with van der Waals surface area (Å²) in [5.74, 6) is -0.0626. The van der Waals surface area contributed by atoms with E-state index in [0.717, 1.165) is 6.54 Å². The summed E-state index contributed by atoms with van der Waals surface area (Å²) in [6.07, 6.45) is 3.81. The molecular formula is C14H16ClN2O+. The standard InChI is InChI=1S/C14H14N2O.ClH/c1-15-14(17)13-8-5-9-16(11-13)10-12-6-3-2-4-7-12;/h2-9,11H,10H2,1H3;1H/p+1. The van der Waals surface area contributed by atoms with Gasteiger partial charge < -0.3 is 5.32 Å². The van der Waals surface area contributed by atoms with E-state index in [4.69, 9.17) is 0 Å². The molecule has 0 atom stereocenters. The average molecular weight is 264 g/mol. The molecule has 94 valence electrons. The fraction of sp³-hybridized carbons (Fsp3) is 0.143. The summed E-state index contributed by atoms with van der Waals surface area (Å²) in [6.45, 7) is 0.770. The van der Waals surface area contributed by atoms with Gasteiger partial charge in [-0.05, 0) is 6.07 Å². The van der Waals surface area contributed by atoms with Gasteiger partial charge in [-0.2, -0.15) is 4.57 Å². The molecule has 1 heterocycles. The lowest BCUT2D eigenvalue weighted by molar-refractivity contribution is -0.688. The lowest BCUT2D eigenvalue weighted by atomic mass is 10.2. The van der Waals surface area contributed by atoms with Gasteiger partial charge in [-0.15, -0.1) is 12.4 Å². The third-order valence-corrected chi connectivity index (χ3v) is 2.56. The number of hydrogen-bond acceptors (Lipinski definition) is 1. The van der Waals surface area contributed by atoms with Crippen molar-refractivity contribution in [3.8, 4) is 0 Å². The Morgan fingerprint density at radius 1 is 1.17 bits per heavy atom. The predicted molar refractivity (Wildman–Crippen MR) is 72.8 cm³/mol. The maximum atomic E-state index is 11.5. The van der Waals surface area contributed by atoms with E-state index in [1.165, 1.54) is 5.56 Å². The van der Waals surface area contributed by atoms with Crippen molar-refractivity contribution in [1.29, 1.82) is 0 Å². The summed E-state index contributed by atoms with van der Waals surface area (Å²) in [4.78, 5) is 11.5. The largest absolute Gasteiger partial charge is 0.355 e. The maximum Gasteiger partial charge on any atom is 0.257 e. The molecule has 2 aromatic rings. The van der Waals surface area contributed by atoms with Gasteiger partial charge in [0, 0.05) is 18.7 Å². The van der Waals surface area contributed by atoms with E-state index in [-0.39, 0.29) is 18.3 Å². The number of benzene rings is 1. The van der Waals surface area contributed by atoms with Crippen LogP contribution in [0.3, 0.4) is 0 Å². The van der Waals surface area contributed by atoms with E-state index in [1.54, 1.807) is 13.1 Å². The normalized spacial score (nSPS) is 9.39. The van der Waals surface area contributed by atoms with Crippen molar-refractivity contribution in [3.05, 3.63) is 66.0 Å². The summed E-state index contributed by atoms with van der Waals surface area (Å²) in [5.41, 5.74) is 1.89. The van der Waals surface area contributed by atoms with Crippen molar-refractivity contribution in [1.82, 2.24) is 5.32 Å². The number of nitrogens with one attached hydrogen (secondary N) is 1. The smallest absolute Gasteiger partial charge is 0.257 e. The number of carbonyl (C=O) groups excluding carboxylic acids is 1. The van der Waals surface area contributed by atoms with Gasteiger partial charge in [-0.1, -0.05) is 30.3 Å². The van der Waals surface area contributed by atoms with Gasteiger partial charge in [0.2, 0.25) is 0 Å². The minimum Gasteiger partial charge on any atom is -0.355 e. The minimum absolute atomic E-state index is 0. The molecule has 1 aromatic heterocycles. The Kier molecular flexibility index (Phi) is 5.33. The Bertz CT molecular complexity index is 514. The monoisotopic (exact) mass is 263 g/mol. The summed E-state index contributed by atoms with van der Waals surface area (Å²) >= 11 is 0. The highest BCUT2D eigenvalue weighted by atomic mass is 35.5. The molecule has 0 saturated heterocycles. The van der Waals surface area contributed by atoms with Crippen LogP contribution in [0.25, 0.3) is 0 Å². The second-order valence-corrected chi connectivity index (χ2v) is 3.83. The molecular weight excluding hydrogens is 248 g/mol. The predicted octanol–water partition coefficient (Wildman–Crippen LogP) is 1.80. The highest BCUT2D eigenvalue weighted by molar-refractivity contribution is 5.93. The Balaban J connectivity index is 0.00000162. The van der Waals surface area contributed by atoms with Crippen LogP contribution in [0, 0.1) is 0 Å². The lowest BCUT2D eigenvalue weighted by Gasteiger charge is -2.00. The van der Waals surface area contributed by atoms with E-state index in [1.807, 2.05) is 41.2 Å². The molecule has 1 aromatic carbocycles. The fourth-order valence-electron chi connectivity index (χ4n) is 1.69. The maximum absolute atomic E-state index is 11.5. The molecule has 0 bridgehead atoms. The van der Waals surface area contributed by atoms with Gasteiger partial charge in [0.05, 0.1) is 0 Å². The molecule has 0 saturated carbocycles. The summed E-state index contributed by atoms with van der Waals surface area (Å²) in [5, 5.41) is 2.62. The number of halogens is 1. The van der Waals surface area contributed by atoms with Gasteiger partial charge in [0.1, 0.15) is 5.56 Å². The molecule has 0 spiro atoms. The SMILES string of the molecule is CNC(=O)c1ccc[n+](Cc2ccccc2)c1.Cl. The molecule has 1 N–H and O–H groups in total. The molecule has 0 unspecified atom stereocenters. The quantitative estimate of drug-likeness (QED) is 0.842. The first-order valence-electron chi connectivity index (χ1n) is 5.55. The van der Waals surface area contributed by atoms with Crippen LogP contribution in [0.4, 0.5) is 0 Å². The van der Waals surface area contributed by atoms with Crippen molar-refractivity contribution in [3.63, 3.8) is 0 Å². The molecule has 0 radical (unpaired) electrons. The van der Waals surface area contributed by atoms with Crippen molar-refractivity contribution >= 4 is 18.3 Å². The van der Waals surface area contributed by atoms with E-state index >= 15 is 0 Å². The Labute approximate surface area is 113 Å². The number of amides is 1. The first kappa shape index (κ1) is 14.2. The molecule has 18 heavy (non-hydrogen) atoms. The van der Waals surface area contributed by atoms with Crippen LogP contribution >= 0.6 is 12.4 Å². The summed E-state index contributed by atoms with van der Waals surface area (Å²) in [7, 11) is 1.64. The molecule has 0 aliphatic rings. The van der Waals surface area contributed by atoms with Gasteiger partial charge in [-0.25, -0.2) is 0 Å². The second-order valence-electron chi connectivity index (χ2n) is 3.83. The second kappa shape index (κ2) is 6.77. The number of carbonyl (C=O) groups is 1. The zero-order chi connectivity index (χ0) is 12.1. The third kappa shape index (κ3) is 3.57. The zero-order valence-electron chi connectivity index (χ0n) is 10.2. The molecule has 4 heteroatoms. The number of aromatic nitrogens is 1. The van der Waals surface area contributed by atoms with E-state index in [9.17, 15) is 4.79 Å². The van der Waals surface area contributed by atoms with Gasteiger partial charge >= 0.3 is 0 Å². The highest BCUT2D eigenvalue weighted by Gasteiger charge is 2.08. The van der Waals surface area contributed by atoms with Crippen molar-refractivity contribution in [2.24, 2.45) is 0 Å². The Morgan fingerprint density at radius 3 is 2.56 bits per heavy atom.